The van der Waals surface area contributed by atoms with E-state index in [2.05, 4.69) is 10.2 Å². The minimum absolute atomic E-state index is 0.00906. The summed E-state index contributed by atoms with van der Waals surface area (Å²) in [6, 6.07) is 5.65. The highest BCUT2D eigenvalue weighted by Crippen LogP contribution is 2.22. The predicted octanol–water partition coefficient (Wildman–Crippen LogP) is 3.47. The van der Waals surface area contributed by atoms with E-state index in [1.165, 1.54) is 24.3 Å². The summed E-state index contributed by atoms with van der Waals surface area (Å²) in [6.07, 6.45) is 0. The lowest BCUT2D eigenvalue weighted by Crippen LogP contribution is -2.22. The molecule has 0 aromatic heterocycles. The maximum absolute atomic E-state index is 11.0. The standard InChI is InChI=1S/C11H12ClN3O3/c1-11(2,10(12)16)7-13-14-8-3-5-9(6-4-8)15(17)18/h3-6H,7H2,1-2H3. The van der Waals surface area contributed by atoms with Crippen LogP contribution in [0.25, 0.3) is 0 Å². The summed E-state index contributed by atoms with van der Waals surface area (Å²) in [5, 5.41) is 17.7. The molecule has 0 aliphatic heterocycles. The molecule has 0 N–H and O–H groups in total. The molecule has 0 bridgehead atoms. The number of hydrogen-bond acceptors (Lipinski definition) is 5. The first-order valence-corrected chi connectivity index (χ1v) is 5.52. The van der Waals surface area contributed by atoms with Gasteiger partial charge in [-0.05, 0) is 37.6 Å². The van der Waals surface area contributed by atoms with Crippen LogP contribution in [-0.4, -0.2) is 16.7 Å². The van der Waals surface area contributed by atoms with E-state index in [4.69, 9.17) is 11.6 Å². The Morgan fingerprint density at radius 1 is 1.39 bits per heavy atom. The highest BCUT2D eigenvalue weighted by molar-refractivity contribution is 6.64. The molecule has 0 spiro atoms. The average molecular weight is 270 g/mol. The third-order valence-electron chi connectivity index (χ3n) is 2.24. The van der Waals surface area contributed by atoms with Gasteiger partial charge in [0.1, 0.15) is 0 Å². The third kappa shape index (κ3) is 3.89. The number of nitrogens with zero attached hydrogens (tertiary/aromatic N) is 3. The molecule has 0 aliphatic carbocycles. The lowest BCUT2D eigenvalue weighted by molar-refractivity contribution is -0.384. The number of non-ortho nitro benzene ring substituents is 1. The number of azo groups is 1. The van der Waals surface area contributed by atoms with Crippen molar-refractivity contribution in [2.75, 3.05) is 6.54 Å². The van der Waals surface area contributed by atoms with E-state index in [-0.39, 0.29) is 12.2 Å². The van der Waals surface area contributed by atoms with Crippen molar-refractivity contribution >= 4 is 28.2 Å². The molecule has 0 amide bonds. The zero-order valence-corrected chi connectivity index (χ0v) is 10.7. The Bertz CT molecular complexity index is 483. The van der Waals surface area contributed by atoms with E-state index >= 15 is 0 Å². The van der Waals surface area contributed by atoms with Crippen molar-refractivity contribution in [1.82, 2.24) is 0 Å². The minimum atomic E-state index is -0.772. The van der Waals surface area contributed by atoms with Crippen LogP contribution < -0.4 is 0 Å². The molecular weight excluding hydrogens is 258 g/mol. The number of halogens is 1. The van der Waals surface area contributed by atoms with Gasteiger partial charge in [-0.1, -0.05) is 0 Å². The number of hydrogen-bond donors (Lipinski definition) is 0. The third-order valence-corrected chi connectivity index (χ3v) is 2.76. The normalized spacial score (nSPS) is 11.7. The Morgan fingerprint density at radius 2 is 1.94 bits per heavy atom. The number of nitro benzene ring substituents is 1. The molecule has 18 heavy (non-hydrogen) atoms. The maximum Gasteiger partial charge on any atom is 0.269 e. The molecule has 0 unspecified atom stereocenters. The van der Waals surface area contributed by atoms with Crippen LogP contribution in [0.4, 0.5) is 11.4 Å². The first-order valence-electron chi connectivity index (χ1n) is 5.15. The Morgan fingerprint density at radius 3 is 2.39 bits per heavy atom. The quantitative estimate of drug-likeness (QED) is 0.355. The topological polar surface area (TPSA) is 84.9 Å². The van der Waals surface area contributed by atoms with Gasteiger partial charge in [-0.3, -0.25) is 14.9 Å². The summed E-state index contributed by atoms with van der Waals surface area (Å²) in [7, 11) is 0. The van der Waals surface area contributed by atoms with Crippen LogP contribution in [0.5, 0.6) is 0 Å². The SMILES string of the molecule is CC(C)(CN=Nc1ccc([N+](=O)[O-])cc1)C(=O)Cl. The van der Waals surface area contributed by atoms with Gasteiger partial charge in [-0.2, -0.15) is 10.2 Å². The molecule has 0 radical (unpaired) electrons. The van der Waals surface area contributed by atoms with Gasteiger partial charge in [0.2, 0.25) is 5.24 Å². The maximum atomic E-state index is 11.0. The first kappa shape index (κ1) is 14.2. The van der Waals surface area contributed by atoms with Gasteiger partial charge in [-0.25, -0.2) is 0 Å². The van der Waals surface area contributed by atoms with Crippen LogP contribution in [0.3, 0.4) is 0 Å². The Hall–Kier alpha value is -1.82. The fourth-order valence-electron chi connectivity index (χ4n) is 0.997. The number of carbonyl (C=O) groups is 1. The summed E-state index contributed by atoms with van der Waals surface area (Å²) < 4.78 is 0. The van der Waals surface area contributed by atoms with Crippen LogP contribution in [0, 0.1) is 15.5 Å². The van der Waals surface area contributed by atoms with Gasteiger partial charge < -0.3 is 0 Å². The largest absolute Gasteiger partial charge is 0.281 e. The smallest absolute Gasteiger partial charge is 0.269 e. The number of rotatable bonds is 5. The molecule has 7 heteroatoms. The lowest BCUT2D eigenvalue weighted by Gasteiger charge is -2.14. The summed E-state index contributed by atoms with van der Waals surface area (Å²) in [4.78, 5) is 21.0. The van der Waals surface area contributed by atoms with Crippen molar-refractivity contribution in [1.29, 1.82) is 0 Å². The molecule has 1 aromatic carbocycles. The van der Waals surface area contributed by atoms with Crippen molar-refractivity contribution in [3.05, 3.63) is 34.4 Å². The van der Waals surface area contributed by atoms with E-state index < -0.39 is 15.6 Å². The highest BCUT2D eigenvalue weighted by Gasteiger charge is 2.25. The number of benzene rings is 1. The zero-order valence-electron chi connectivity index (χ0n) is 9.96. The molecule has 0 atom stereocenters. The summed E-state index contributed by atoms with van der Waals surface area (Å²) in [5.41, 5.74) is -0.296. The van der Waals surface area contributed by atoms with Gasteiger partial charge in [0.25, 0.3) is 5.69 Å². The summed E-state index contributed by atoms with van der Waals surface area (Å²) in [5.74, 6) is 0. The van der Waals surface area contributed by atoms with Gasteiger partial charge in [0.15, 0.2) is 0 Å². The van der Waals surface area contributed by atoms with E-state index in [1.54, 1.807) is 13.8 Å². The Balaban J connectivity index is 2.68. The second-order valence-corrected chi connectivity index (χ2v) is 4.67. The molecular formula is C11H12ClN3O3. The van der Waals surface area contributed by atoms with E-state index in [9.17, 15) is 14.9 Å². The lowest BCUT2D eigenvalue weighted by atomic mass is 9.96. The predicted molar refractivity (Wildman–Crippen MR) is 67.1 cm³/mol. The van der Waals surface area contributed by atoms with E-state index in [0.717, 1.165) is 0 Å². The molecule has 0 fully saturated rings. The van der Waals surface area contributed by atoms with Crippen molar-refractivity contribution < 1.29 is 9.72 Å². The Labute approximate surface area is 109 Å². The van der Waals surface area contributed by atoms with Crippen LogP contribution in [0.15, 0.2) is 34.5 Å². The summed E-state index contributed by atoms with van der Waals surface area (Å²) in [6.45, 7) is 3.49. The minimum Gasteiger partial charge on any atom is -0.281 e. The van der Waals surface area contributed by atoms with Crippen molar-refractivity contribution in [2.24, 2.45) is 15.6 Å². The molecule has 1 rings (SSSR count). The highest BCUT2D eigenvalue weighted by atomic mass is 35.5. The molecule has 0 heterocycles. The van der Waals surface area contributed by atoms with E-state index in [1.807, 2.05) is 0 Å². The molecule has 0 saturated carbocycles. The number of carbonyl (C=O) groups excluding carboxylic acids is 1. The van der Waals surface area contributed by atoms with Gasteiger partial charge in [-0.15, -0.1) is 0 Å². The zero-order chi connectivity index (χ0) is 13.8. The monoisotopic (exact) mass is 269 g/mol. The molecule has 0 aliphatic rings. The van der Waals surface area contributed by atoms with Gasteiger partial charge >= 0.3 is 0 Å². The fourth-order valence-corrected chi connectivity index (χ4v) is 1.06. The molecule has 6 nitrogen and oxygen atoms in total. The second kappa shape index (κ2) is 5.68. The van der Waals surface area contributed by atoms with Crippen LogP contribution in [0.1, 0.15) is 13.8 Å². The first-order chi connectivity index (χ1) is 8.33. The molecule has 1 aromatic rings. The van der Waals surface area contributed by atoms with Crippen molar-refractivity contribution in [3.8, 4) is 0 Å². The van der Waals surface area contributed by atoms with Crippen LogP contribution in [-0.2, 0) is 4.79 Å². The van der Waals surface area contributed by atoms with E-state index in [0.29, 0.717) is 5.69 Å². The second-order valence-electron chi connectivity index (χ2n) is 4.33. The number of nitro groups is 1. The molecule has 96 valence electrons. The van der Waals surface area contributed by atoms with Gasteiger partial charge in [0.05, 0.1) is 22.6 Å². The summed E-state index contributed by atoms with van der Waals surface area (Å²) >= 11 is 5.39. The van der Waals surface area contributed by atoms with Crippen LogP contribution >= 0.6 is 11.6 Å². The Kier molecular flexibility index (Phi) is 4.49. The molecule has 0 saturated heterocycles. The van der Waals surface area contributed by atoms with Crippen molar-refractivity contribution in [3.63, 3.8) is 0 Å². The van der Waals surface area contributed by atoms with Crippen molar-refractivity contribution in [2.45, 2.75) is 13.8 Å². The van der Waals surface area contributed by atoms with Crippen LogP contribution in [0.2, 0.25) is 0 Å². The average Bonchev–Trinajstić information content (AvgIpc) is 2.29. The fraction of sp³-hybridized carbons (Fsp3) is 0.364. The van der Waals surface area contributed by atoms with Gasteiger partial charge in [0, 0.05) is 12.1 Å².